The molecule has 1 atom stereocenters. The molecular formula is C10H14N2O2. The number of benzene rings is 1. The molecule has 1 unspecified atom stereocenters. The summed E-state index contributed by atoms with van der Waals surface area (Å²) in [5.74, 6) is -0.0314. The van der Waals surface area contributed by atoms with E-state index in [9.17, 15) is 4.79 Å². The Balaban J connectivity index is 2.57. The van der Waals surface area contributed by atoms with Crippen LogP contribution in [-0.2, 0) is 0 Å². The summed E-state index contributed by atoms with van der Waals surface area (Å²) in [6.45, 7) is 2.26. The Hall–Kier alpha value is -1.55. The molecule has 1 rings (SSSR count). The van der Waals surface area contributed by atoms with Crippen molar-refractivity contribution in [3.8, 4) is 5.75 Å². The van der Waals surface area contributed by atoms with Crippen LogP contribution in [-0.4, -0.2) is 23.6 Å². The fraction of sp³-hybridized carbons (Fsp3) is 0.300. The van der Waals surface area contributed by atoms with Crippen LogP contribution in [0.5, 0.6) is 5.75 Å². The van der Waals surface area contributed by atoms with Crippen molar-refractivity contribution >= 4 is 5.91 Å². The van der Waals surface area contributed by atoms with E-state index >= 15 is 0 Å². The van der Waals surface area contributed by atoms with Crippen molar-refractivity contribution in [1.29, 1.82) is 0 Å². The van der Waals surface area contributed by atoms with Crippen molar-refractivity contribution in [1.82, 2.24) is 5.32 Å². The van der Waals surface area contributed by atoms with Crippen molar-refractivity contribution in [3.05, 3.63) is 29.8 Å². The molecular weight excluding hydrogens is 180 g/mol. The van der Waals surface area contributed by atoms with E-state index in [-0.39, 0.29) is 17.7 Å². The molecule has 0 fully saturated rings. The van der Waals surface area contributed by atoms with E-state index in [1.807, 2.05) is 6.92 Å². The number of aromatic hydroxyl groups is 1. The Morgan fingerprint density at radius 1 is 1.50 bits per heavy atom. The van der Waals surface area contributed by atoms with Crippen LogP contribution < -0.4 is 11.1 Å². The molecule has 0 aromatic heterocycles. The number of carbonyl (C=O) groups excluding carboxylic acids is 1. The number of hydrogen-bond acceptors (Lipinski definition) is 3. The Morgan fingerprint density at radius 3 is 2.57 bits per heavy atom. The number of nitrogens with two attached hydrogens (primary N) is 1. The van der Waals surface area contributed by atoms with Crippen LogP contribution in [0.15, 0.2) is 24.3 Å². The third kappa shape index (κ3) is 3.06. The average molecular weight is 194 g/mol. The van der Waals surface area contributed by atoms with Gasteiger partial charge in [-0.2, -0.15) is 0 Å². The summed E-state index contributed by atoms with van der Waals surface area (Å²) >= 11 is 0. The smallest absolute Gasteiger partial charge is 0.251 e. The first-order valence-corrected chi connectivity index (χ1v) is 4.42. The SMILES string of the molecule is CC(N)CNC(=O)c1ccc(O)cc1. The van der Waals surface area contributed by atoms with Crippen molar-refractivity contribution in [2.45, 2.75) is 13.0 Å². The number of amides is 1. The Morgan fingerprint density at radius 2 is 2.07 bits per heavy atom. The van der Waals surface area contributed by atoms with Gasteiger partial charge in [0.05, 0.1) is 0 Å². The molecule has 0 aliphatic rings. The van der Waals surface area contributed by atoms with Gasteiger partial charge < -0.3 is 16.2 Å². The standard InChI is InChI=1S/C10H14N2O2/c1-7(11)6-12-10(14)8-2-4-9(13)5-3-8/h2-5,7,13H,6,11H2,1H3,(H,12,14). The largest absolute Gasteiger partial charge is 0.508 e. The van der Waals surface area contributed by atoms with Gasteiger partial charge in [-0.1, -0.05) is 0 Å². The normalized spacial score (nSPS) is 12.1. The molecule has 0 spiro atoms. The van der Waals surface area contributed by atoms with Gasteiger partial charge in [0.25, 0.3) is 5.91 Å². The van der Waals surface area contributed by atoms with E-state index < -0.39 is 0 Å². The van der Waals surface area contributed by atoms with Gasteiger partial charge in [-0.05, 0) is 31.2 Å². The van der Waals surface area contributed by atoms with Crippen LogP contribution >= 0.6 is 0 Å². The van der Waals surface area contributed by atoms with Gasteiger partial charge in [-0.3, -0.25) is 4.79 Å². The zero-order valence-corrected chi connectivity index (χ0v) is 8.03. The van der Waals surface area contributed by atoms with E-state index in [0.29, 0.717) is 12.1 Å². The predicted molar refractivity (Wildman–Crippen MR) is 54.1 cm³/mol. The highest BCUT2D eigenvalue weighted by molar-refractivity contribution is 5.94. The molecule has 4 nitrogen and oxygen atoms in total. The molecule has 1 aromatic rings. The number of phenols is 1. The predicted octanol–water partition coefficient (Wildman–Crippen LogP) is 0.469. The van der Waals surface area contributed by atoms with Gasteiger partial charge in [-0.25, -0.2) is 0 Å². The molecule has 1 aromatic carbocycles. The van der Waals surface area contributed by atoms with E-state index in [1.54, 1.807) is 12.1 Å². The lowest BCUT2D eigenvalue weighted by molar-refractivity contribution is 0.0951. The topological polar surface area (TPSA) is 75.3 Å². The number of phenolic OH excluding ortho intramolecular Hbond substituents is 1. The molecule has 0 heterocycles. The Labute approximate surface area is 82.7 Å². The van der Waals surface area contributed by atoms with Crippen LogP contribution in [0, 0.1) is 0 Å². The third-order valence-corrected chi connectivity index (χ3v) is 1.71. The molecule has 76 valence electrons. The lowest BCUT2D eigenvalue weighted by Gasteiger charge is -2.07. The van der Waals surface area contributed by atoms with Gasteiger partial charge >= 0.3 is 0 Å². The number of hydrogen-bond donors (Lipinski definition) is 3. The maximum absolute atomic E-state index is 11.4. The van der Waals surface area contributed by atoms with Gasteiger partial charge in [0.1, 0.15) is 5.75 Å². The monoisotopic (exact) mass is 194 g/mol. The molecule has 0 bridgehead atoms. The molecule has 1 amide bonds. The molecule has 0 aliphatic carbocycles. The number of carbonyl (C=O) groups is 1. The fourth-order valence-corrected chi connectivity index (χ4v) is 0.969. The highest BCUT2D eigenvalue weighted by Crippen LogP contribution is 2.09. The average Bonchev–Trinajstić information content (AvgIpc) is 2.15. The van der Waals surface area contributed by atoms with E-state index in [1.165, 1.54) is 12.1 Å². The second-order valence-electron chi connectivity index (χ2n) is 3.23. The van der Waals surface area contributed by atoms with Gasteiger partial charge in [0, 0.05) is 18.2 Å². The molecule has 0 saturated carbocycles. The quantitative estimate of drug-likeness (QED) is 0.654. The van der Waals surface area contributed by atoms with Crippen LogP contribution in [0.1, 0.15) is 17.3 Å². The van der Waals surface area contributed by atoms with Crippen molar-refractivity contribution in [2.75, 3.05) is 6.54 Å². The van der Waals surface area contributed by atoms with E-state index in [2.05, 4.69) is 5.32 Å². The van der Waals surface area contributed by atoms with Crippen LogP contribution in [0.2, 0.25) is 0 Å². The van der Waals surface area contributed by atoms with Crippen molar-refractivity contribution in [3.63, 3.8) is 0 Å². The molecule has 0 aliphatic heterocycles. The van der Waals surface area contributed by atoms with Crippen molar-refractivity contribution in [2.24, 2.45) is 5.73 Å². The summed E-state index contributed by atoms with van der Waals surface area (Å²) in [4.78, 5) is 11.4. The lowest BCUT2D eigenvalue weighted by atomic mass is 10.2. The van der Waals surface area contributed by atoms with Crippen LogP contribution in [0.3, 0.4) is 0 Å². The Kier molecular flexibility index (Phi) is 3.48. The van der Waals surface area contributed by atoms with Crippen LogP contribution in [0.25, 0.3) is 0 Å². The van der Waals surface area contributed by atoms with Crippen LogP contribution in [0.4, 0.5) is 0 Å². The summed E-state index contributed by atoms with van der Waals surface area (Å²) in [5, 5.41) is 11.7. The molecule has 4 N–H and O–H groups in total. The highest BCUT2D eigenvalue weighted by Gasteiger charge is 2.04. The first-order valence-electron chi connectivity index (χ1n) is 4.42. The summed E-state index contributed by atoms with van der Waals surface area (Å²) < 4.78 is 0. The second kappa shape index (κ2) is 4.62. The minimum Gasteiger partial charge on any atom is -0.508 e. The van der Waals surface area contributed by atoms with Gasteiger partial charge in [0.2, 0.25) is 0 Å². The van der Waals surface area contributed by atoms with Gasteiger partial charge in [-0.15, -0.1) is 0 Å². The minimum absolute atomic E-state index is 0.0592. The zero-order valence-electron chi connectivity index (χ0n) is 8.03. The third-order valence-electron chi connectivity index (χ3n) is 1.71. The summed E-state index contributed by atoms with van der Waals surface area (Å²) in [6.07, 6.45) is 0. The second-order valence-corrected chi connectivity index (χ2v) is 3.23. The minimum atomic E-state index is -0.178. The maximum Gasteiger partial charge on any atom is 0.251 e. The summed E-state index contributed by atoms with van der Waals surface area (Å²) in [7, 11) is 0. The summed E-state index contributed by atoms with van der Waals surface area (Å²) in [6, 6.07) is 6.01. The molecule has 0 radical (unpaired) electrons. The molecule has 4 heteroatoms. The zero-order chi connectivity index (χ0) is 10.6. The maximum atomic E-state index is 11.4. The number of rotatable bonds is 3. The lowest BCUT2D eigenvalue weighted by Crippen LogP contribution is -2.35. The Bertz CT molecular complexity index is 306. The van der Waals surface area contributed by atoms with E-state index in [4.69, 9.17) is 10.8 Å². The molecule has 14 heavy (non-hydrogen) atoms. The first-order chi connectivity index (χ1) is 6.59. The van der Waals surface area contributed by atoms with Gasteiger partial charge in [0.15, 0.2) is 0 Å². The first kappa shape index (κ1) is 10.5. The fourth-order valence-electron chi connectivity index (χ4n) is 0.969. The summed E-state index contributed by atoms with van der Waals surface area (Å²) in [5.41, 5.74) is 6.01. The number of nitrogens with one attached hydrogen (secondary N) is 1. The van der Waals surface area contributed by atoms with E-state index in [0.717, 1.165) is 0 Å². The van der Waals surface area contributed by atoms with Crippen molar-refractivity contribution < 1.29 is 9.90 Å². The highest BCUT2D eigenvalue weighted by atomic mass is 16.3. The molecule has 0 saturated heterocycles.